The third kappa shape index (κ3) is 3.78. The number of H-pyrrole nitrogens is 1. The van der Waals surface area contributed by atoms with Gasteiger partial charge in [0, 0.05) is 37.0 Å². The first-order valence-electron chi connectivity index (χ1n) is 10.7. The van der Waals surface area contributed by atoms with E-state index in [1.54, 1.807) is 18.0 Å². The number of carbonyl (C=O) groups is 1. The summed E-state index contributed by atoms with van der Waals surface area (Å²) in [7, 11) is 1.75. The van der Waals surface area contributed by atoms with Crippen molar-refractivity contribution in [3.63, 3.8) is 0 Å². The molecule has 2 fully saturated rings. The first-order chi connectivity index (χ1) is 14.4. The summed E-state index contributed by atoms with van der Waals surface area (Å²) in [6, 6.07) is 3.72. The number of aromatic amines is 1. The number of hydrogen-bond donors (Lipinski definition) is 2. The van der Waals surface area contributed by atoms with Crippen LogP contribution >= 0.6 is 0 Å². The number of nitrogen functional groups attached to an aromatic ring is 1. The summed E-state index contributed by atoms with van der Waals surface area (Å²) < 4.78 is 0. The minimum Gasteiger partial charge on any atom is -0.384 e. The van der Waals surface area contributed by atoms with Crippen LogP contribution in [0.4, 0.5) is 11.6 Å². The third-order valence-corrected chi connectivity index (χ3v) is 6.81. The molecule has 0 radical (unpaired) electrons. The molecule has 8 nitrogen and oxygen atoms in total. The number of nitrogens with zero attached hydrogens (tertiary/aromatic N) is 5. The third-order valence-electron chi connectivity index (χ3n) is 6.81. The molecule has 3 heterocycles. The number of rotatable bonds is 3. The highest BCUT2D eigenvalue weighted by Crippen LogP contribution is 2.46. The molecule has 2 aliphatic rings. The maximum atomic E-state index is 11.6. The zero-order chi connectivity index (χ0) is 21.3. The van der Waals surface area contributed by atoms with Crippen LogP contribution < -0.4 is 5.73 Å². The Kier molecular flexibility index (Phi) is 5.49. The monoisotopic (exact) mass is 409 g/mol. The molecule has 1 aliphatic heterocycles. The van der Waals surface area contributed by atoms with E-state index in [2.05, 4.69) is 20.1 Å². The molecule has 30 heavy (non-hydrogen) atoms. The van der Waals surface area contributed by atoms with Crippen molar-refractivity contribution < 1.29 is 4.79 Å². The number of likely N-dealkylation sites (tertiary alicyclic amines) is 1. The fraction of sp³-hybridized carbons (Fsp3) is 0.545. The standard InChI is InChI=1S/C22H31N7O/c1-15-19(17-6-7-18(23)24-16(17)2)26-27-20(15)25-21(28(3)14-30)29-12-10-22(11-13-29)8-4-5-9-22/h6-7,14H,4-5,8-13H2,1-3H3,(H2,23,24)(H,26,27). The Hall–Kier alpha value is -2.90. The van der Waals surface area contributed by atoms with E-state index in [0.717, 1.165) is 42.0 Å². The maximum absolute atomic E-state index is 11.6. The van der Waals surface area contributed by atoms with Crippen LogP contribution in [0, 0.1) is 19.3 Å². The molecule has 0 bridgehead atoms. The Labute approximate surface area is 177 Å². The van der Waals surface area contributed by atoms with Crippen molar-refractivity contribution >= 4 is 24.0 Å². The van der Waals surface area contributed by atoms with E-state index in [0.29, 0.717) is 23.0 Å². The minimum atomic E-state index is 0.492. The van der Waals surface area contributed by atoms with E-state index < -0.39 is 0 Å². The number of carbonyl (C=O) groups excluding carboxylic acids is 1. The van der Waals surface area contributed by atoms with Crippen LogP contribution in [-0.2, 0) is 4.79 Å². The molecule has 2 aromatic rings. The number of nitrogens with two attached hydrogens (primary N) is 1. The van der Waals surface area contributed by atoms with Crippen LogP contribution in [0.1, 0.15) is 49.8 Å². The zero-order valence-electron chi connectivity index (χ0n) is 18.1. The average molecular weight is 410 g/mol. The molecule has 2 aromatic heterocycles. The second-order valence-corrected chi connectivity index (χ2v) is 8.74. The topological polar surface area (TPSA) is 103 Å². The Morgan fingerprint density at radius 1 is 1.23 bits per heavy atom. The summed E-state index contributed by atoms with van der Waals surface area (Å²) in [5, 5.41) is 7.53. The number of anilines is 1. The quantitative estimate of drug-likeness (QED) is 0.459. The highest BCUT2D eigenvalue weighted by atomic mass is 16.1. The first-order valence-corrected chi connectivity index (χ1v) is 10.7. The molecule has 3 N–H and O–H groups in total. The summed E-state index contributed by atoms with van der Waals surface area (Å²) in [5.41, 5.74) is 9.87. The van der Waals surface area contributed by atoms with E-state index >= 15 is 0 Å². The highest BCUT2D eigenvalue weighted by Gasteiger charge is 2.38. The van der Waals surface area contributed by atoms with Crippen LogP contribution in [0.5, 0.6) is 0 Å². The number of pyridine rings is 1. The second kappa shape index (κ2) is 8.08. The van der Waals surface area contributed by atoms with Crippen molar-refractivity contribution in [1.82, 2.24) is 25.0 Å². The van der Waals surface area contributed by atoms with Gasteiger partial charge in [-0.2, -0.15) is 10.1 Å². The van der Waals surface area contributed by atoms with Crippen molar-refractivity contribution in [2.24, 2.45) is 10.4 Å². The lowest BCUT2D eigenvalue weighted by Crippen LogP contribution is -2.48. The molecule has 1 aliphatic carbocycles. The van der Waals surface area contributed by atoms with Gasteiger partial charge < -0.3 is 10.6 Å². The van der Waals surface area contributed by atoms with E-state index in [1.165, 1.54) is 38.5 Å². The van der Waals surface area contributed by atoms with Crippen LogP contribution in [0.15, 0.2) is 17.1 Å². The Morgan fingerprint density at radius 2 is 1.93 bits per heavy atom. The van der Waals surface area contributed by atoms with Gasteiger partial charge in [-0.1, -0.05) is 12.8 Å². The minimum absolute atomic E-state index is 0.492. The summed E-state index contributed by atoms with van der Waals surface area (Å²) in [4.78, 5) is 24.5. The number of aliphatic imine (C=N–C) groups is 1. The van der Waals surface area contributed by atoms with E-state index in [9.17, 15) is 4.79 Å². The van der Waals surface area contributed by atoms with Gasteiger partial charge in [-0.25, -0.2) is 4.98 Å². The lowest BCUT2D eigenvalue weighted by Gasteiger charge is -2.41. The maximum Gasteiger partial charge on any atom is 0.216 e. The van der Waals surface area contributed by atoms with Gasteiger partial charge in [-0.15, -0.1) is 0 Å². The van der Waals surface area contributed by atoms with Gasteiger partial charge >= 0.3 is 0 Å². The average Bonchev–Trinajstić information content (AvgIpc) is 3.34. The molecule has 1 saturated heterocycles. The number of hydrogen-bond acceptors (Lipinski definition) is 5. The molecule has 1 amide bonds. The Balaban J connectivity index is 1.62. The van der Waals surface area contributed by atoms with Crippen LogP contribution in [0.25, 0.3) is 11.3 Å². The van der Waals surface area contributed by atoms with Gasteiger partial charge in [-0.05, 0) is 57.1 Å². The number of aryl methyl sites for hydroxylation is 1. The first kappa shape index (κ1) is 20.4. The van der Waals surface area contributed by atoms with Crippen molar-refractivity contribution in [2.45, 2.75) is 52.4 Å². The predicted molar refractivity (Wildman–Crippen MR) is 118 cm³/mol. The van der Waals surface area contributed by atoms with E-state index in [-0.39, 0.29) is 0 Å². The van der Waals surface area contributed by atoms with Gasteiger partial charge in [-0.3, -0.25) is 14.8 Å². The number of amides is 1. The van der Waals surface area contributed by atoms with Crippen molar-refractivity contribution in [1.29, 1.82) is 0 Å². The van der Waals surface area contributed by atoms with Gasteiger partial charge in [0.2, 0.25) is 12.4 Å². The largest absolute Gasteiger partial charge is 0.384 e. The van der Waals surface area contributed by atoms with Gasteiger partial charge in [0.15, 0.2) is 5.82 Å². The lowest BCUT2D eigenvalue weighted by atomic mass is 9.77. The van der Waals surface area contributed by atoms with Crippen LogP contribution in [0.2, 0.25) is 0 Å². The molecule has 160 valence electrons. The van der Waals surface area contributed by atoms with Gasteiger partial charge in [0.25, 0.3) is 0 Å². The number of aromatic nitrogens is 3. The number of piperidine rings is 1. The smallest absolute Gasteiger partial charge is 0.216 e. The molecule has 4 rings (SSSR count). The zero-order valence-corrected chi connectivity index (χ0v) is 18.1. The Morgan fingerprint density at radius 3 is 2.57 bits per heavy atom. The second-order valence-electron chi connectivity index (χ2n) is 8.74. The van der Waals surface area contributed by atoms with Crippen molar-refractivity contribution in [2.75, 3.05) is 25.9 Å². The lowest BCUT2D eigenvalue weighted by molar-refractivity contribution is -0.114. The molecule has 1 saturated carbocycles. The number of guanidine groups is 1. The van der Waals surface area contributed by atoms with E-state index in [1.807, 2.05) is 19.9 Å². The summed E-state index contributed by atoms with van der Waals surface area (Å²) in [5.74, 6) is 1.74. The summed E-state index contributed by atoms with van der Waals surface area (Å²) >= 11 is 0. The molecule has 0 unspecified atom stereocenters. The van der Waals surface area contributed by atoms with Crippen molar-refractivity contribution in [3.8, 4) is 11.3 Å². The molecule has 1 spiro atoms. The molecular weight excluding hydrogens is 378 g/mol. The predicted octanol–water partition coefficient (Wildman–Crippen LogP) is 3.40. The Bertz CT molecular complexity index is 948. The molecule has 0 atom stereocenters. The summed E-state index contributed by atoms with van der Waals surface area (Å²) in [6.07, 6.45) is 8.53. The number of nitrogens with one attached hydrogen (secondary N) is 1. The molecular formula is C22H31N7O. The van der Waals surface area contributed by atoms with Gasteiger partial charge in [0.1, 0.15) is 5.82 Å². The van der Waals surface area contributed by atoms with Crippen molar-refractivity contribution in [3.05, 3.63) is 23.4 Å². The highest BCUT2D eigenvalue weighted by molar-refractivity contribution is 5.90. The molecule has 8 heteroatoms. The fourth-order valence-corrected chi connectivity index (χ4v) is 4.92. The molecule has 0 aromatic carbocycles. The summed E-state index contributed by atoms with van der Waals surface area (Å²) in [6.45, 7) is 5.76. The van der Waals surface area contributed by atoms with Crippen LogP contribution in [0.3, 0.4) is 0 Å². The normalized spacial score (nSPS) is 18.8. The van der Waals surface area contributed by atoms with Crippen LogP contribution in [-0.4, -0.2) is 57.5 Å². The van der Waals surface area contributed by atoms with E-state index in [4.69, 9.17) is 10.7 Å². The van der Waals surface area contributed by atoms with Gasteiger partial charge in [0.05, 0.1) is 5.69 Å². The SMILES string of the molecule is Cc1nc(N)ccc1-c1[nH]nc(N=C(N(C)C=O)N2CCC3(CCCC3)CC2)c1C. The fourth-order valence-electron chi connectivity index (χ4n) is 4.92.